The predicted octanol–water partition coefficient (Wildman–Crippen LogP) is -0.653. The Morgan fingerprint density at radius 1 is 1.62 bits per heavy atom. The zero-order valence-corrected chi connectivity index (χ0v) is 9.90. The Hall–Kier alpha value is -0.650. The molecule has 2 N–H and O–H groups in total. The molecule has 92 valence electrons. The maximum absolute atomic E-state index is 12.1. The molecule has 0 radical (unpaired) electrons. The van der Waals surface area contributed by atoms with E-state index >= 15 is 0 Å². The summed E-state index contributed by atoms with van der Waals surface area (Å²) in [6.07, 6.45) is 1.53. The molecule has 5 heteroatoms. The van der Waals surface area contributed by atoms with Gasteiger partial charge in [-0.05, 0) is 19.8 Å². The van der Waals surface area contributed by atoms with E-state index in [1.54, 1.807) is 18.9 Å². The van der Waals surface area contributed by atoms with Crippen molar-refractivity contribution in [3.8, 4) is 0 Å². The molecule has 0 aromatic rings. The first kappa shape index (κ1) is 11.8. The molecule has 3 atom stereocenters. The predicted molar refractivity (Wildman–Crippen MR) is 59.0 cm³/mol. The number of ether oxygens (including phenoxy) is 1. The van der Waals surface area contributed by atoms with Gasteiger partial charge in [-0.2, -0.15) is 0 Å². The Balaban J connectivity index is 1.89. The number of nitrogens with zero attached hydrogens (tertiary/aromatic N) is 1. The van der Waals surface area contributed by atoms with Crippen LogP contribution in [0.4, 0.5) is 0 Å². The lowest BCUT2D eigenvalue weighted by molar-refractivity contribution is -0.133. The molecule has 0 bridgehead atoms. The van der Waals surface area contributed by atoms with Gasteiger partial charge < -0.3 is 20.1 Å². The Morgan fingerprint density at radius 3 is 2.88 bits per heavy atom. The highest BCUT2D eigenvalue weighted by Crippen LogP contribution is 2.22. The van der Waals surface area contributed by atoms with Crippen LogP contribution >= 0.6 is 0 Å². The van der Waals surface area contributed by atoms with E-state index < -0.39 is 5.60 Å². The second-order valence-corrected chi connectivity index (χ2v) is 5.06. The molecule has 2 aliphatic heterocycles. The zero-order valence-electron chi connectivity index (χ0n) is 9.90. The second-order valence-electron chi connectivity index (χ2n) is 5.06. The summed E-state index contributed by atoms with van der Waals surface area (Å²) in [5.41, 5.74) is -0.713. The van der Waals surface area contributed by atoms with Crippen molar-refractivity contribution in [3.05, 3.63) is 0 Å². The van der Waals surface area contributed by atoms with Crippen LogP contribution in [0.25, 0.3) is 0 Å². The van der Waals surface area contributed by atoms with E-state index in [1.807, 2.05) is 0 Å². The van der Waals surface area contributed by atoms with Crippen LogP contribution in [0.5, 0.6) is 0 Å². The number of likely N-dealkylation sites (tertiary alicyclic amines) is 1. The molecule has 2 aliphatic rings. The molecule has 0 aliphatic carbocycles. The summed E-state index contributed by atoms with van der Waals surface area (Å²) in [5.74, 6) is 0.0947. The van der Waals surface area contributed by atoms with Crippen LogP contribution in [0.1, 0.15) is 19.8 Å². The molecule has 0 aromatic carbocycles. The first-order chi connectivity index (χ1) is 7.52. The number of amides is 1. The summed E-state index contributed by atoms with van der Waals surface area (Å²) in [5, 5.41) is 13.0. The number of carbonyl (C=O) groups is 1. The third-order valence-electron chi connectivity index (χ3n) is 3.49. The quantitative estimate of drug-likeness (QED) is 0.659. The van der Waals surface area contributed by atoms with Gasteiger partial charge in [0.2, 0.25) is 5.91 Å². The molecule has 2 heterocycles. The van der Waals surface area contributed by atoms with Crippen molar-refractivity contribution in [2.45, 2.75) is 37.5 Å². The number of nitrogens with one attached hydrogen (secondary N) is 1. The van der Waals surface area contributed by atoms with Gasteiger partial charge in [-0.15, -0.1) is 0 Å². The fraction of sp³-hybridized carbons (Fsp3) is 0.909. The molecule has 3 unspecified atom stereocenters. The van der Waals surface area contributed by atoms with Gasteiger partial charge in [-0.25, -0.2) is 0 Å². The molecule has 0 aromatic heterocycles. The van der Waals surface area contributed by atoms with E-state index in [0.717, 1.165) is 13.0 Å². The highest BCUT2D eigenvalue weighted by molar-refractivity contribution is 5.82. The number of carbonyl (C=O) groups excluding carboxylic acids is 1. The fourth-order valence-electron chi connectivity index (χ4n) is 2.42. The van der Waals surface area contributed by atoms with E-state index in [0.29, 0.717) is 19.5 Å². The minimum Gasteiger partial charge on any atom is -0.388 e. The van der Waals surface area contributed by atoms with Gasteiger partial charge in [0.25, 0.3) is 0 Å². The van der Waals surface area contributed by atoms with E-state index in [2.05, 4.69) is 5.32 Å². The van der Waals surface area contributed by atoms with Crippen LogP contribution in [0.3, 0.4) is 0 Å². The smallest absolute Gasteiger partial charge is 0.239 e. The van der Waals surface area contributed by atoms with Gasteiger partial charge in [0.15, 0.2) is 0 Å². The third-order valence-corrected chi connectivity index (χ3v) is 3.49. The maximum atomic E-state index is 12.1. The summed E-state index contributed by atoms with van der Waals surface area (Å²) < 4.78 is 5.21. The zero-order chi connectivity index (χ0) is 11.8. The van der Waals surface area contributed by atoms with Gasteiger partial charge in [-0.1, -0.05) is 0 Å². The number of rotatable bonds is 2. The Kier molecular flexibility index (Phi) is 3.19. The number of β-amino-alcohol motifs (C(OH)–C–C–N with tert-alkyl or cyclic N) is 1. The molecule has 2 fully saturated rings. The first-order valence-electron chi connectivity index (χ1n) is 5.79. The lowest BCUT2D eigenvalue weighted by Crippen LogP contribution is -2.43. The van der Waals surface area contributed by atoms with Crippen molar-refractivity contribution in [3.63, 3.8) is 0 Å². The summed E-state index contributed by atoms with van der Waals surface area (Å²) in [6.45, 7) is 3.61. The molecule has 5 nitrogen and oxygen atoms in total. The van der Waals surface area contributed by atoms with Crippen molar-refractivity contribution in [1.82, 2.24) is 10.2 Å². The molecule has 2 rings (SSSR count). The summed E-state index contributed by atoms with van der Waals surface area (Å²) in [7, 11) is 1.67. The van der Waals surface area contributed by atoms with Crippen LogP contribution in [-0.2, 0) is 9.53 Å². The topological polar surface area (TPSA) is 61.8 Å². The maximum Gasteiger partial charge on any atom is 0.239 e. The molecular weight excluding hydrogens is 208 g/mol. The Labute approximate surface area is 95.8 Å². The minimum absolute atomic E-state index is 0.0947. The van der Waals surface area contributed by atoms with Gasteiger partial charge in [0, 0.05) is 26.7 Å². The summed E-state index contributed by atoms with van der Waals surface area (Å²) >= 11 is 0. The number of aliphatic hydroxyl groups is 1. The lowest BCUT2D eigenvalue weighted by Gasteiger charge is -2.22. The van der Waals surface area contributed by atoms with E-state index in [-0.39, 0.29) is 18.1 Å². The molecule has 16 heavy (non-hydrogen) atoms. The highest BCUT2D eigenvalue weighted by atomic mass is 16.5. The van der Waals surface area contributed by atoms with Crippen molar-refractivity contribution in [1.29, 1.82) is 0 Å². The number of hydrogen-bond acceptors (Lipinski definition) is 4. The normalized spacial score (nSPS) is 39.3. The van der Waals surface area contributed by atoms with Crippen LogP contribution in [0, 0.1) is 0 Å². The monoisotopic (exact) mass is 228 g/mol. The van der Waals surface area contributed by atoms with Gasteiger partial charge >= 0.3 is 0 Å². The molecule has 0 saturated carbocycles. The van der Waals surface area contributed by atoms with Crippen molar-refractivity contribution < 1.29 is 14.6 Å². The average molecular weight is 228 g/mol. The Bertz CT molecular complexity index is 280. The molecular formula is C11H20N2O3. The second kappa shape index (κ2) is 4.31. The standard InChI is InChI=1S/C11H20N2O3/c1-11(15)3-4-13(7-11)10(14)9-5-8(16-2)6-12-9/h8-9,12,15H,3-7H2,1-2H3. The lowest BCUT2D eigenvalue weighted by atomic mass is 10.1. The molecule has 2 saturated heterocycles. The fourth-order valence-corrected chi connectivity index (χ4v) is 2.42. The molecule has 0 spiro atoms. The minimum atomic E-state index is -0.713. The number of hydrogen-bond donors (Lipinski definition) is 2. The highest BCUT2D eigenvalue weighted by Gasteiger charge is 2.38. The molecule has 1 amide bonds. The van der Waals surface area contributed by atoms with Crippen LogP contribution in [-0.4, -0.2) is 60.4 Å². The van der Waals surface area contributed by atoms with Crippen molar-refractivity contribution in [2.24, 2.45) is 0 Å². The average Bonchev–Trinajstić information content (AvgIpc) is 2.83. The van der Waals surface area contributed by atoms with Crippen LogP contribution < -0.4 is 5.32 Å². The number of methoxy groups -OCH3 is 1. The largest absolute Gasteiger partial charge is 0.388 e. The van der Waals surface area contributed by atoms with E-state index in [4.69, 9.17) is 4.74 Å². The van der Waals surface area contributed by atoms with E-state index in [9.17, 15) is 9.90 Å². The van der Waals surface area contributed by atoms with Crippen molar-refractivity contribution >= 4 is 5.91 Å². The SMILES string of the molecule is COC1CNC(C(=O)N2CCC(C)(O)C2)C1. The van der Waals surface area contributed by atoms with Crippen molar-refractivity contribution in [2.75, 3.05) is 26.7 Å². The van der Waals surface area contributed by atoms with Crippen LogP contribution in [0.2, 0.25) is 0 Å². The third kappa shape index (κ3) is 2.36. The van der Waals surface area contributed by atoms with Gasteiger partial charge in [0.1, 0.15) is 0 Å². The first-order valence-corrected chi connectivity index (χ1v) is 5.79. The van der Waals surface area contributed by atoms with E-state index in [1.165, 1.54) is 0 Å². The van der Waals surface area contributed by atoms with Gasteiger partial charge in [0.05, 0.1) is 17.7 Å². The van der Waals surface area contributed by atoms with Crippen LogP contribution in [0.15, 0.2) is 0 Å². The summed E-state index contributed by atoms with van der Waals surface area (Å²) in [6, 6.07) is -0.140. The van der Waals surface area contributed by atoms with Gasteiger partial charge in [-0.3, -0.25) is 4.79 Å². The summed E-state index contributed by atoms with van der Waals surface area (Å²) in [4.78, 5) is 13.8. The Morgan fingerprint density at radius 2 is 2.38 bits per heavy atom.